The largest absolute Gasteiger partial charge is 0.496 e. The van der Waals surface area contributed by atoms with E-state index in [1.807, 2.05) is 12.1 Å². The zero-order chi connectivity index (χ0) is 11.6. The van der Waals surface area contributed by atoms with Crippen molar-refractivity contribution < 1.29 is 4.74 Å². The minimum atomic E-state index is -0.176. The molecule has 2 N–H and O–H groups in total. The number of methoxy groups -OCH3 is 1. The molecule has 88 valence electrons. The average Bonchev–Trinajstić information content (AvgIpc) is 2.76. The Kier molecular flexibility index (Phi) is 3.45. The predicted molar refractivity (Wildman–Crippen MR) is 69.1 cm³/mol. The van der Waals surface area contributed by atoms with Crippen molar-refractivity contribution in [3.63, 3.8) is 0 Å². The summed E-state index contributed by atoms with van der Waals surface area (Å²) in [5.74, 6) is 0.941. The molecule has 1 fully saturated rings. The lowest BCUT2D eigenvalue weighted by Gasteiger charge is -2.28. The smallest absolute Gasteiger partial charge is 0.125 e. The van der Waals surface area contributed by atoms with E-state index in [2.05, 4.69) is 12.3 Å². The van der Waals surface area contributed by atoms with Crippen molar-refractivity contribution in [2.75, 3.05) is 13.4 Å². The molecule has 1 saturated carbocycles. The lowest BCUT2D eigenvalue weighted by molar-refractivity contribution is 0.374. The van der Waals surface area contributed by atoms with Crippen molar-refractivity contribution in [1.82, 2.24) is 0 Å². The predicted octanol–water partition coefficient (Wildman–Crippen LogP) is 3.15. The van der Waals surface area contributed by atoms with Gasteiger partial charge in [-0.05, 0) is 31.2 Å². The molecule has 0 heterocycles. The highest BCUT2D eigenvalue weighted by molar-refractivity contribution is 7.98. The zero-order valence-electron chi connectivity index (χ0n) is 9.95. The summed E-state index contributed by atoms with van der Waals surface area (Å²) in [6.45, 7) is 0. The van der Waals surface area contributed by atoms with Gasteiger partial charge in [-0.25, -0.2) is 0 Å². The molecule has 1 aromatic rings. The SMILES string of the molecule is COc1cccc(SC)c1C1(N)CCCC1. The molecule has 1 aromatic carbocycles. The fourth-order valence-corrected chi connectivity index (χ4v) is 3.32. The fourth-order valence-electron chi connectivity index (χ4n) is 2.60. The number of nitrogens with two attached hydrogens (primary N) is 1. The molecular weight excluding hydrogens is 218 g/mol. The molecule has 0 radical (unpaired) electrons. The quantitative estimate of drug-likeness (QED) is 0.820. The normalized spacial score (nSPS) is 18.7. The molecule has 0 aromatic heterocycles. The second-order valence-electron chi connectivity index (χ2n) is 4.40. The van der Waals surface area contributed by atoms with E-state index in [9.17, 15) is 0 Å². The van der Waals surface area contributed by atoms with E-state index in [1.165, 1.54) is 23.3 Å². The van der Waals surface area contributed by atoms with Crippen LogP contribution in [0.1, 0.15) is 31.2 Å². The van der Waals surface area contributed by atoms with Crippen molar-refractivity contribution in [1.29, 1.82) is 0 Å². The molecule has 0 atom stereocenters. The number of thioether (sulfide) groups is 1. The van der Waals surface area contributed by atoms with Crippen LogP contribution in [0, 0.1) is 0 Å². The van der Waals surface area contributed by atoms with Crippen LogP contribution >= 0.6 is 11.8 Å². The zero-order valence-corrected chi connectivity index (χ0v) is 10.8. The van der Waals surface area contributed by atoms with E-state index in [1.54, 1.807) is 18.9 Å². The fraction of sp³-hybridized carbons (Fsp3) is 0.538. The highest BCUT2D eigenvalue weighted by Crippen LogP contribution is 2.44. The number of hydrogen-bond donors (Lipinski definition) is 1. The van der Waals surface area contributed by atoms with Crippen LogP contribution in [0.2, 0.25) is 0 Å². The highest BCUT2D eigenvalue weighted by atomic mass is 32.2. The second kappa shape index (κ2) is 4.68. The van der Waals surface area contributed by atoms with Crippen molar-refractivity contribution in [3.8, 4) is 5.75 Å². The molecular formula is C13H19NOS. The first-order chi connectivity index (χ1) is 7.71. The summed E-state index contributed by atoms with van der Waals surface area (Å²) >= 11 is 1.75. The topological polar surface area (TPSA) is 35.2 Å². The van der Waals surface area contributed by atoms with Crippen molar-refractivity contribution in [2.45, 2.75) is 36.1 Å². The first-order valence-electron chi connectivity index (χ1n) is 5.71. The summed E-state index contributed by atoms with van der Waals surface area (Å²) in [5.41, 5.74) is 7.57. The molecule has 2 nitrogen and oxygen atoms in total. The first-order valence-corrected chi connectivity index (χ1v) is 6.94. The molecule has 0 spiro atoms. The summed E-state index contributed by atoms with van der Waals surface area (Å²) in [7, 11) is 1.72. The molecule has 1 aliphatic carbocycles. The Morgan fingerprint density at radius 1 is 1.31 bits per heavy atom. The Hall–Kier alpha value is -0.670. The maximum Gasteiger partial charge on any atom is 0.125 e. The van der Waals surface area contributed by atoms with E-state index in [-0.39, 0.29) is 5.54 Å². The second-order valence-corrected chi connectivity index (χ2v) is 5.25. The van der Waals surface area contributed by atoms with Crippen LogP contribution in [0.15, 0.2) is 23.1 Å². The van der Waals surface area contributed by atoms with E-state index in [4.69, 9.17) is 10.5 Å². The summed E-state index contributed by atoms with van der Waals surface area (Å²) in [6.07, 6.45) is 6.68. The van der Waals surface area contributed by atoms with Gasteiger partial charge in [0.1, 0.15) is 5.75 Å². The van der Waals surface area contributed by atoms with Crippen LogP contribution in [0.5, 0.6) is 5.75 Å². The van der Waals surface area contributed by atoms with Crippen molar-refractivity contribution in [3.05, 3.63) is 23.8 Å². The van der Waals surface area contributed by atoms with Crippen LogP contribution in [-0.2, 0) is 5.54 Å². The van der Waals surface area contributed by atoms with Gasteiger partial charge >= 0.3 is 0 Å². The van der Waals surface area contributed by atoms with Crippen LogP contribution < -0.4 is 10.5 Å². The maximum absolute atomic E-state index is 6.54. The third-order valence-corrected chi connectivity index (χ3v) is 4.20. The van der Waals surface area contributed by atoms with Gasteiger partial charge in [0, 0.05) is 16.0 Å². The van der Waals surface area contributed by atoms with E-state index in [0.29, 0.717) is 0 Å². The maximum atomic E-state index is 6.54. The van der Waals surface area contributed by atoms with Gasteiger partial charge in [-0.3, -0.25) is 0 Å². The van der Waals surface area contributed by atoms with Gasteiger partial charge in [0.15, 0.2) is 0 Å². The van der Waals surface area contributed by atoms with Crippen molar-refractivity contribution >= 4 is 11.8 Å². The van der Waals surface area contributed by atoms with Gasteiger partial charge in [-0.1, -0.05) is 18.9 Å². The lowest BCUT2D eigenvalue weighted by atomic mass is 9.88. The van der Waals surface area contributed by atoms with Crippen molar-refractivity contribution in [2.24, 2.45) is 5.73 Å². The molecule has 1 aliphatic rings. The Morgan fingerprint density at radius 3 is 2.56 bits per heavy atom. The molecule has 16 heavy (non-hydrogen) atoms. The van der Waals surface area contributed by atoms with Crippen LogP contribution in [0.3, 0.4) is 0 Å². The number of hydrogen-bond acceptors (Lipinski definition) is 3. The minimum absolute atomic E-state index is 0.176. The van der Waals surface area contributed by atoms with Gasteiger partial charge in [-0.2, -0.15) is 0 Å². The van der Waals surface area contributed by atoms with E-state index in [0.717, 1.165) is 18.6 Å². The van der Waals surface area contributed by atoms with Crippen LogP contribution in [0.4, 0.5) is 0 Å². The van der Waals surface area contributed by atoms with E-state index >= 15 is 0 Å². The average molecular weight is 237 g/mol. The Morgan fingerprint density at radius 2 is 2.00 bits per heavy atom. The number of rotatable bonds is 3. The molecule has 0 unspecified atom stereocenters. The first kappa shape index (κ1) is 11.8. The molecule has 0 bridgehead atoms. The summed E-state index contributed by atoms with van der Waals surface area (Å²) in [5, 5.41) is 0. The summed E-state index contributed by atoms with van der Waals surface area (Å²) in [6, 6.07) is 6.18. The van der Waals surface area contributed by atoms with Crippen LogP contribution in [-0.4, -0.2) is 13.4 Å². The van der Waals surface area contributed by atoms with Gasteiger partial charge in [-0.15, -0.1) is 11.8 Å². The van der Waals surface area contributed by atoms with Gasteiger partial charge in [0.25, 0.3) is 0 Å². The standard InChI is InChI=1S/C13H19NOS/c1-15-10-6-5-7-11(16-2)12(10)13(14)8-3-4-9-13/h5-7H,3-4,8-9,14H2,1-2H3. The molecule has 0 aliphatic heterocycles. The van der Waals surface area contributed by atoms with Gasteiger partial charge in [0.2, 0.25) is 0 Å². The molecule has 2 rings (SSSR count). The van der Waals surface area contributed by atoms with Crippen LogP contribution in [0.25, 0.3) is 0 Å². The van der Waals surface area contributed by atoms with Gasteiger partial charge < -0.3 is 10.5 Å². The Bertz CT molecular complexity index is 350. The number of ether oxygens (including phenoxy) is 1. The highest BCUT2D eigenvalue weighted by Gasteiger charge is 2.35. The Balaban J connectivity index is 2.51. The number of benzene rings is 1. The molecule has 3 heteroatoms. The molecule has 0 amide bonds. The Labute approximate surface area is 102 Å². The monoisotopic (exact) mass is 237 g/mol. The van der Waals surface area contributed by atoms with E-state index < -0.39 is 0 Å². The van der Waals surface area contributed by atoms with Gasteiger partial charge in [0.05, 0.1) is 7.11 Å². The molecule has 0 saturated heterocycles. The summed E-state index contributed by atoms with van der Waals surface area (Å²) < 4.78 is 5.47. The summed E-state index contributed by atoms with van der Waals surface area (Å²) in [4.78, 5) is 1.25. The minimum Gasteiger partial charge on any atom is -0.496 e. The third kappa shape index (κ3) is 1.94. The third-order valence-electron chi connectivity index (χ3n) is 3.42. The lowest BCUT2D eigenvalue weighted by Crippen LogP contribution is -2.34.